The molecule has 1 saturated heterocycles. The van der Waals surface area contributed by atoms with Crippen molar-refractivity contribution in [1.29, 1.82) is 0 Å². The van der Waals surface area contributed by atoms with Gasteiger partial charge in [0.15, 0.2) is 12.4 Å². The number of esters is 2. The smallest absolute Gasteiger partial charge is 0.303 e. The van der Waals surface area contributed by atoms with Crippen LogP contribution >= 0.6 is 0 Å². The lowest BCUT2D eigenvalue weighted by Gasteiger charge is -2.23. The largest absolute Gasteiger partial charge is 0.463 e. The van der Waals surface area contributed by atoms with Crippen LogP contribution in [0, 0.1) is 0 Å². The van der Waals surface area contributed by atoms with Crippen LogP contribution in [-0.4, -0.2) is 50.3 Å². The fourth-order valence-electron chi connectivity index (χ4n) is 2.50. The van der Waals surface area contributed by atoms with Crippen LogP contribution < -0.4 is 0 Å². The highest BCUT2D eigenvalue weighted by Gasteiger charge is 2.48. The molecule has 1 fully saturated rings. The summed E-state index contributed by atoms with van der Waals surface area (Å²) in [6.07, 6.45) is -2.72. The zero-order valence-electron chi connectivity index (χ0n) is 14.0. The number of hydrogen-bond donors (Lipinski definition) is 0. The molecular weight excluding hydrogens is 316 g/mol. The summed E-state index contributed by atoms with van der Waals surface area (Å²) in [5.41, 5.74) is 0.964. The van der Waals surface area contributed by atoms with E-state index < -0.39 is 36.5 Å². The third-order valence-corrected chi connectivity index (χ3v) is 3.54. The fourth-order valence-corrected chi connectivity index (χ4v) is 2.50. The molecule has 1 aliphatic heterocycles. The number of ether oxygens (including phenoxy) is 5. The number of rotatable bonds is 7. The minimum Gasteiger partial charge on any atom is -0.463 e. The molecule has 1 unspecified atom stereocenters. The number of carbonyl (C=O) groups is 2. The van der Waals surface area contributed by atoms with Crippen molar-refractivity contribution in [3.63, 3.8) is 0 Å². The van der Waals surface area contributed by atoms with Gasteiger partial charge in [-0.05, 0) is 5.56 Å². The highest BCUT2D eigenvalue weighted by atomic mass is 16.7. The van der Waals surface area contributed by atoms with E-state index in [-0.39, 0.29) is 6.61 Å². The fraction of sp³-hybridized carbons (Fsp3) is 0.529. The zero-order valence-corrected chi connectivity index (χ0v) is 14.0. The number of methoxy groups -OCH3 is 1. The van der Waals surface area contributed by atoms with Gasteiger partial charge in [0.2, 0.25) is 0 Å². The summed E-state index contributed by atoms with van der Waals surface area (Å²) in [4.78, 5) is 22.4. The molecule has 0 spiro atoms. The van der Waals surface area contributed by atoms with Crippen molar-refractivity contribution in [1.82, 2.24) is 0 Å². The summed E-state index contributed by atoms with van der Waals surface area (Å²) >= 11 is 0. The monoisotopic (exact) mass is 338 g/mol. The molecule has 0 N–H and O–H groups in total. The molecule has 1 heterocycles. The van der Waals surface area contributed by atoms with Gasteiger partial charge in [-0.2, -0.15) is 0 Å². The Morgan fingerprint density at radius 3 is 2.38 bits per heavy atom. The van der Waals surface area contributed by atoms with Gasteiger partial charge >= 0.3 is 11.9 Å². The Morgan fingerprint density at radius 1 is 1.08 bits per heavy atom. The maximum Gasteiger partial charge on any atom is 0.303 e. The molecule has 0 aliphatic carbocycles. The van der Waals surface area contributed by atoms with E-state index in [2.05, 4.69) is 0 Å². The van der Waals surface area contributed by atoms with Crippen LogP contribution in [0.3, 0.4) is 0 Å². The van der Waals surface area contributed by atoms with Crippen LogP contribution in [0.2, 0.25) is 0 Å². The molecule has 1 aromatic rings. The van der Waals surface area contributed by atoms with Gasteiger partial charge in [0.05, 0.1) is 6.61 Å². The molecule has 7 nitrogen and oxygen atoms in total. The first kappa shape index (κ1) is 18.4. The Hall–Kier alpha value is -1.96. The molecule has 24 heavy (non-hydrogen) atoms. The van der Waals surface area contributed by atoms with Gasteiger partial charge in [0, 0.05) is 21.0 Å². The van der Waals surface area contributed by atoms with Gasteiger partial charge in [0.25, 0.3) is 0 Å². The average Bonchev–Trinajstić information content (AvgIpc) is 2.88. The van der Waals surface area contributed by atoms with Crippen molar-refractivity contribution in [2.24, 2.45) is 0 Å². The Balaban J connectivity index is 2.09. The summed E-state index contributed by atoms with van der Waals surface area (Å²) in [5.74, 6) is -0.891. The molecule has 7 heteroatoms. The van der Waals surface area contributed by atoms with Crippen molar-refractivity contribution in [3.05, 3.63) is 35.9 Å². The van der Waals surface area contributed by atoms with Crippen LogP contribution in [0.25, 0.3) is 0 Å². The number of carbonyl (C=O) groups excluding carboxylic acids is 2. The molecule has 1 aliphatic rings. The quantitative estimate of drug-likeness (QED) is 0.696. The molecule has 0 bridgehead atoms. The minimum atomic E-state index is -0.782. The van der Waals surface area contributed by atoms with E-state index in [1.54, 1.807) is 0 Å². The Kier molecular flexibility index (Phi) is 6.72. The van der Waals surface area contributed by atoms with Gasteiger partial charge in [0.1, 0.15) is 18.8 Å². The molecule has 2 rings (SSSR count). The molecule has 132 valence electrons. The van der Waals surface area contributed by atoms with E-state index in [0.717, 1.165) is 5.56 Å². The highest BCUT2D eigenvalue weighted by Crippen LogP contribution is 2.28. The summed E-state index contributed by atoms with van der Waals surface area (Å²) in [6, 6.07) is 9.56. The molecule has 0 saturated carbocycles. The van der Waals surface area contributed by atoms with Gasteiger partial charge in [-0.25, -0.2) is 0 Å². The predicted molar refractivity (Wildman–Crippen MR) is 82.9 cm³/mol. The lowest BCUT2D eigenvalue weighted by atomic mass is 10.1. The van der Waals surface area contributed by atoms with E-state index in [0.29, 0.717) is 6.61 Å². The third kappa shape index (κ3) is 5.02. The van der Waals surface area contributed by atoms with Gasteiger partial charge in [-0.3, -0.25) is 9.59 Å². The van der Waals surface area contributed by atoms with Crippen LogP contribution in [0.15, 0.2) is 30.3 Å². The highest BCUT2D eigenvalue weighted by molar-refractivity contribution is 5.66. The van der Waals surface area contributed by atoms with E-state index in [9.17, 15) is 9.59 Å². The predicted octanol–water partition coefficient (Wildman–Crippen LogP) is 1.44. The van der Waals surface area contributed by atoms with Crippen LogP contribution in [0.5, 0.6) is 0 Å². The average molecular weight is 338 g/mol. The van der Waals surface area contributed by atoms with E-state index >= 15 is 0 Å². The van der Waals surface area contributed by atoms with Gasteiger partial charge in [-0.15, -0.1) is 0 Å². The van der Waals surface area contributed by atoms with E-state index in [1.807, 2.05) is 30.3 Å². The van der Waals surface area contributed by atoms with E-state index in [1.165, 1.54) is 21.0 Å². The molecule has 0 radical (unpaired) electrons. The molecule has 0 amide bonds. The SMILES string of the molecule is COC1O[C@@H](COC(C)=O)[C@H](OCc2ccccc2)[C@@H]1OC(C)=O. The molecule has 0 aromatic heterocycles. The maximum absolute atomic E-state index is 11.4. The van der Waals surface area contributed by atoms with Crippen molar-refractivity contribution in [2.45, 2.75) is 45.1 Å². The van der Waals surface area contributed by atoms with E-state index in [4.69, 9.17) is 23.7 Å². The summed E-state index contributed by atoms with van der Waals surface area (Å²) in [7, 11) is 1.45. The lowest BCUT2D eigenvalue weighted by molar-refractivity contribution is -0.181. The second-order valence-corrected chi connectivity index (χ2v) is 5.42. The first-order valence-corrected chi connectivity index (χ1v) is 7.65. The van der Waals surface area contributed by atoms with Gasteiger partial charge in [-0.1, -0.05) is 30.3 Å². The standard InChI is InChI=1S/C17H22O7/c1-11(18)21-10-14-15(22-9-13-7-5-4-6-8-13)16(23-12(2)19)17(20-3)24-14/h4-8,14-17H,9-10H2,1-3H3/t14-,15-,16-,17?/m0/s1. The number of hydrogen-bond acceptors (Lipinski definition) is 7. The van der Waals surface area contributed by atoms with Crippen LogP contribution in [-0.2, 0) is 39.9 Å². The van der Waals surface area contributed by atoms with Crippen LogP contribution in [0.1, 0.15) is 19.4 Å². The first-order valence-electron chi connectivity index (χ1n) is 7.65. The maximum atomic E-state index is 11.4. The minimum absolute atomic E-state index is 0.00753. The normalized spacial score (nSPS) is 26.1. The van der Waals surface area contributed by atoms with Crippen molar-refractivity contribution in [2.75, 3.05) is 13.7 Å². The third-order valence-electron chi connectivity index (χ3n) is 3.54. The van der Waals surface area contributed by atoms with Crippen molar-refractivity contribution in [3.8, 4) is 0 Å². The zero-order chi connectivity index (χ0) is 17.5. The second kappa shape index (κ2) is 8.77. The van der Waals surface area contributed by atoms with Crippen molar-refractivity contribution < 1.29 is 33.3 Å². The Bertz CT molecular complexity index is 545. The molecule has 1 aromatic carbocycles. The number of benzene rings is 1. The Labute approximate surface area is 140 Å². The lowest BCUT2D eigenvalue weighted by Crippen LogP contribution is -2.40. The van der Waals surface area contributed by atoms with Gasteiger partial charge < -0.3 is 23.7 Å². The summed E-state index contributed by atoms with van der Waals surface area (Å²) < 4.78 is 27.1. The van der Waals surface area contributed by atoms with Crippen LogP contribution in [0.4, 0.5) is 0 Å². The molecule has 4 atom stereocenters. The summed E-state index contributed by atoms with van der Waals surface area (Å²) in [5, 5.41) is 0. The summed E-state index contributed by atoms with van der Waals surface area (Å²) in [6.45, 7) is 2.92. The van der Waals surface area contributed by atoms with Crippen molar-refractivity contribution >= 4 is 11.9 Å². The Morgan fingerprint density at radius 2 is 1.79 bits per heavy atom. The first-order chi connectivity index (χ1) is 11.5. The second-order valence-electron chi connectivity index (χ2n) is 5.42. The molecular formula is C17H22O7. The topological polar surface area (TPSA) is 80.3 Å².